The fourth-order valence-electron chi connectivity index (χ4n) is 5.16. The summed E-state index contributed by atoms with van der Waals surface area (Å²) in [5, 5.41) is 2.79. The van der Waals surface area contributed by atoms with Crippen molar-refractivity contribution in [3.8, 4) is 5.75 Å². The number of nitrogens with one attached hydrogen (secondary N) is 1. The molecule has 3 aromatic carbocycles. The van der Waals surface area contributed by atoms with Gasteiger partial charge in [-0.3, -0.25) is 14.4 Å². The Balaban J connectivity index is 1.37. The van der Waals surface area contributed by atoms with E-state index in [2.05, 4.69) is 22.4 Å². The number of benzene rings is 3. The van der Waals surface area contributed by atoms with Crippen molar-refractivity contribution in [2.24, 2.45) is 0 Å². The van der Waals surface area contributed by atoms with Crippen LogP contribution in [0.1, 0.15) is 69.7 Å². The lowest BCUT2D eigenvalue weighted by molar-refractivity contribution is -0.142. The van der Waals surface area contributed by atoms with Gasteiger partial charge in [-0.1, -0.05) is 36.4 Å². The maximum Gasteiger partial charge on any atom is 0.307 e. The summed E-state index contributed by atoms with van der Waals surface area (Å²) < 4.78 is 13.7. The van der Waals surface area contributed by atoms with E-state index in [9.17, 15) is 14.4 Å². The summed E-state index contributed by atoms with van der Waals surface area (Å²) in [5.74, 6) is 0.908. The molecule has 222 valence electrons. The zero-order valence-corrected chi connectivity index (χ0v) is 25.0. The third kappa shape index (κ3) is 7.93. The average molecular weight is 598 g/mol. The molecule has 1 aromatic heterocycles. The highest BCUT2D eigenvalue weighted by molar-refractivity contribution is 7.98. The Morgan fingerprint density at radius 3 is 2.72 bits per heavy atom. The van der Waals surface area contributed by atoms with Crippen LogP contribution < -0.4 is 10.1 Å². The number of Topliss-reactive ketones (excluding diaryl/α,β-unsaturated/α-hetero) is 1. The van der Waals surface area contributed by atoms with Gasteiger partial charge in [0.05, 0.1) is 25.9 Å². The molecule has 1 heterocycles. The first-order valence-corrected chi connectivity index (χ1v) is 15.5. The quantitative estimate of drug-likeness (QED) is 0.145. The van der Waals surface area contributed by atoms with Crippen LogP contribution in [0.5, 0.6) is 5.75 Å². The second-order valence-electron chi connectivity index (χ2n) is 10.2. The number of carbonyl (C=O) groups excluding carboxylic acids is 3. The number of hydrogen-bond acceptors (Lipinski definition) is 7. The number of hydrogen-bond donors (Lipinski definition) is 1. The number of aromatic nitrogens is 2. The number of nitrogens with zero attached hydrogens (tertiary/aromatic N) is 2. The van der Waals surface area contributed by atoms with Gasteiger partial charge in [-0.15, -0.1) is 11.8 Å². The van der Waals surface area contributed by atoms with Crippen molar-refractivity contribution in [2.45, 2.75) is 55.9 Å². The molecule has 1 aliphatic carbocycles. The molecule has 8 nitrogen and oxygen atoms in total. The lowest BCUT2D eigenvalue weighted by atomic mass is 9.87. The van der Waals surface area contributed by atoms with Crippen molar-refractivity contribution in [1.82, 2.24) is 14.9 Å². The van der Waals surface area contributed by atoms with Gasteiger partial charge in [0.15, 0.2) is 5.78 Å². The van der Waals surface area contributed by atoms with Gasteiger partial charge in [0.25, 0.3) is 5.91 Å². The minimum absolute atomic E-state index is 0.124. The monoisotopic (exact) mass is 597 g/mol. The molecule has 1 atom stereocenters. The maximum atomic E-state index is 12.8. The van der Waals surface area contributed by atoms with Gasteiger partial charge in [-0.25, -0.2) is 4.98 Å². The lowest BCUT2D eigenvalue weighted by Crippen LogP contribution is -2.26. The molecule has 0 spiro atoms. The summed E-state index contributed by atoms with van der Waals surface area (Å²) >= 11 is 1.60. The number of carbonyl (C=O) groups is 3. The van der Waals surface area contributed by atoms with E-state index >= 15 is 0 Å². The van der Waals surface area contributed by atoms with E-state index in [1.807, 2.05) is 59.3 Å². The molecule has 0 fully saturated rings. The highest BCUT2D eigenvalue weighted by Crippen LogP contribution is 2.38. The molecule has 0 aliphatic heterocycles. The largest absolute Gasteiger partial charge is 0.484 e. The number of ether oxygens (including phenoxy) is 2. The number of fused-ring (bicyclic) bond motifs is 1. The van der Waals surface area contributed by atoms with Crippen LogP contribution in [0.2, 0.25) is 0 Å². The first-order chi connectivity index (χ1) is 21.0. The highest BCUT2D eigenvalue weighted by Gasteiger charge is 2.25. The molecular weight excluding hydrogens is 562 g/mol. The van der Waals surface area contributed by atoms with E-state index in [1.165, 1.54) is 0 Å². The molecule has 1 aliphatic rings. The van der Waals surface area contributed by atoms with E-state index < -0.39 is 0 Å². The second kappa shape index (κ2) is 14.7. The van der Waals surface area contributed by atoms with Crippen molar-refractivity contribution < 1.29 is 23.9 Å². The van der Waals surface area contributed by atoms with E-state index in [0.717, 1.165) is 45.7 Å². The van der Waals surface area contributed by atoms with Crippen molar-refractivity contribution >= 4 is 29.4 Å². The van der Waals surface area contributed by atoms with Crippen molar-refractivity contribution in [3.63, 3.8) is 0 Å². The van der Waals surface area contributed by atoms with E-state index in [-0.39, 0.29) is 36.7 Å². The Kier molecular flexibility index (Phi) is 10.3. The molecule has 0 radical (unpaired) electrons. The number of ketones is 1. The van der Waals surface area contributed by atoms with Crippen molar-refractivity contribution in [1.29, 1.82) is 0 Å². The van der Waals surface area contributed by atoms with Gasteiger partial charge < -0.3 is 19.4 Å². The average Bonchev–Trinajstić information content (AvgIpc) is 3.54. The molecular formula is C34H35N3O5S. The SMILES string of the molecule is CCOC(=O)CCNC(=O)c1cccc(SCc2c(O[C@H](Cn3ccnc3)c3ccccc3)ccc3c2CCCC3=O)c1. The standard InChI is InChI=1S/C34H35N3O5S/c1-2-41-33(39)16-17-36-34(40)25-10-6-11-26(20-25)43-22-29-27-12-7-13-30(38)28(27)14-15-31(29)42-32(21-37-19-18-35-23-37)24-8-4-3-5-9-24/h3-6,8-11,14-15,18-20,23,32H,2,7,12-13,16-17,21-22H2,1H3,(H,36,40)/t32-/m1/s1. The maximum absolute atomic E-state index is 12.8. The Morgan fingerprint density at radius 1 is 1.07 bits per heavy atom. The minimum Gasteiger partial charge on any atom is -0.484 e. The molecule has 0 bridgehead atoms. The molecule has 1 amide bonds. The predicted octanol–water partition coefficient (Wildman–Crippen LogP) is 6.20. The van der Waals surface area contributed by atoms with Gasteiger partial charge in [-0.05, 0) is 61.2 Å². The molecule has 1 N–H and O–H groups in total. The second-order valence-corrected chi connectivity index (χ2v) is 11.3. The third-order valence-corrected chi connectivity index (χ3v) is 8.32. The molecule has 9 heteroatoms. The summed E-state index contributed by atoms with van der Waals surface area (Å²) in [5.41, 5.74) is 4.38. The third-order valence-electron chi connectivity index (χ3n) is 7.30. The zero-order chi connectivity index (χ0) is 30.0. The van der Waals surface area contributed by atoms with Crippen LogP contribution in [0, 0.1) is 0 Å². The fraction of sp³-hybridized carbons (Fsp3) is 0.294. The number of thioether (sulfide) groups is 1. The summed E-state index contributed by atoms with van der Waals surface area (Å²) in [6.07, 6.45) is 7.49. The van der Waals surface area contributed by atoms with Crippen LogP contribution in [-0.2, 0) is 28.2 Å². The summed E-state index contributed by atoms with van der Waals surface area (Å²) in [4.78, 5) is 42.3. The molecule has 0 unspecified atom stereocenters. The van der Waals surface area contributed by atoms with Crippen LogP contribution in [0.15, 0.2) is 90.3 Å². The topological polar surface area (TPSA) is 99.5 Å². The van der Waals surface area contributed by atoms with Crippen LogP contribution in [0.3, 0.4) is 0 Å². The summed E-state index contributed by atoms with van der Waals surface area (Å²) in [7, 11) is 0. The smallest absolute Gasteiger partial charge is 0.307 e. The van der Waals surface area contributed by atoms with Gasteiger partial charge in [0.2, 0.25) is 0 Å². The molecule has 4 aromatic rings. The first-order valence-electron chi connectivity index (χ1n) is 14.5. The molecule has 0 saturated heterocycles. The predicted molar refractivity (Wildman–Crippen MR) is 165 cm³/mol. The minimum atomic E-state index is -0.339. The fourth-order valence-corrected chi connectivity index (χ4v) is 6.17. The van der Waals surface area contributed by atoms with Gasteiger partial charge in [-0.2, -0.15) is 0 Å². The number of amides is 1. The van der Waals surface area contributed by atoms with E-state index in [4.69, 9.17) is 9.47 Å². The van der Waals surface area contributed by atoms with E-state index in [1.54, 1.807) is 37.3 Å². The normalized spacial score (nSPS) is 13.2. The van der Waals surface area contributed by atoms with Crippen LogP contribution in [0.25, 0.3) is 0 Å². The van der Waals surface area contributed by atoms with Gasteiger partial charge >= 0.3 is 5.97 Å². The number of rotatable bonds is 13. The first kappa shape index (κ1) is 30.1. The van der Waals surface area contributed by atoms with Gasteiger partial charge in [0.1, 0.15) is 11.9 Å². The van der Waals surface area contributed by atoms with Crippen molar-refractivity contribution in [2.75, 3.05) is 13.2 Å². The summed E-state index contributed by atoms with van der Waals surface area (Å²) in [6.45, 7) is 2.86. The summed E-state index contributed by atoms with van der Waals surface area (Å²) in [6, 6.07) is 21.3. The Morgan fingerprint density at radius 2 is 1.93 bits per heavy atom. The number of esters is 1. The Labute approximate surface area is 255 Å². The van der Waals surface area contributed by atoms with Crippen LogP contribution >= 0.6 is 11.8 Å². The van der Waals surface area contributed by atoms with Crippen LogP contribution in [-0.4, -0.2) is 40.4 Å². The molecule has 0 saturated carbocycles. The van der Waals surface area contributed by atoms with Gasteiger partial charge in [0, 0.05) is 52.7 Å². The zero-order valence-electron chi connectivity index (χ0n) is 24.2. The lowest BCUT2D eigenvalue weighted by Gasteiger charge is -2.25. The highest BCUT2D eigenvalue weighted by atomic mass is 32.2. The molecule has 5 rings (SSSR count). The number of imidazole rings is 1. The Hall–Kier alpha value is -4.37. The van der Waals surface area contributed by atoms with Crippen LogP contribution in [0.4, 0.5) is 0 Å². The Bertz CT molecular complexity index is 1560. The van der Waals surface area contributed by atoms with Crippen molar-refractivity contribution in [3.05, 3.63) is 113 Å². The van der Waals surface area contributed by atoms with E-state index in [0.29, 0.717) is 30.9 Å². The molecule has 43 heavy (non-hydrogen) atoms.